The smallest absolute Gasteiger partial charge is 0.257 e. The summed E-state index contributed by atoms with van der Waals surface area (Å²) >= 11 is 5.70. The number of benzene rings is 2. The summed E-state index contributed by atoms with van der Waals surface area (Å²) in [6.07, 6.45) is 0. The Morgan fingerprint density at radius 3 is 2.57 bits per heavy atom. The first-order valence-corrected chi connectivity index (χ1v) is 6.80. The van der Waals surface area contributed by atoms with E-state index in [0.717, 1.165) is 0 Å². The summed E-state index contributed by atoms with van der Waals surface area (Å²) in [4.78, 5) is 13.8. The van der Waals surface area contributed by atoms with Crippen molar-refractivity contribution in [1.82, 2.24) is 4.90 Å². The van der Waals surface area contributed by atoms with Gasteiger partial charge >= 0.3 is 0 Å². The minimum Gasteiger partial charge on any atom is -0.508 e. The first-order valence-electron chi connectivity index (χ1n) is 6.42. The summed E-state index contributed by atoms with van der Waals surface area (Å²) < 4.78 is 13.9. The van der Waals surface area contributed by atoms with Gasteiger partial charge in [-0.05, 0) is 25.1 Å². The highest BCUT2D eigenvalue weighted by atomic mass is 35.5. The number of phenols is 1. The van der Waals surface area contributed by atoms with E-state index in [2.05, 4.69) is 0 Å². The zero-order valence-corrected chi connectivity index (χ0v) is 12.4. The van der Waals surface area contributed by atoms with E-state index in [4.69, 9.17) is 11.6 Å². The lowest BCUT2D eigenvalue weighted by Crippen LogP contribution is -2.30. The van der Waals surface area contributed by atoms with Gasteiger partial charge in [0.25, 0.3) is 5.91 Å². The van der Waals surface area contributed by atoms with Crippen LogP contribution >= 0.6 is 11.6 Å². The molecule has 0 aliphatic rings. The van der Waals surface area contributed by atoms with E-state index in [9.17, 15) is 14.3 Å². The Morgan fingerprint density at radius 2 is 1.90 bits per heavy atom. The molecule has 3 nitrogen and oxygen atoms in total. The molecule has 0 aromatic heterocycles. The first-order chi connectivity index (χ1) is 9.93. The highest BCUT2D eigenvalue weighted by Gasteiger charge is 2.23. The second-order valence-corrected chi connectivity index (χ2v) is 5.16. The fourth-order valence-corrected chi connectivity index (χ4v) is 2.26. The molecule has 0 saturated heterocycles. The summed E-state index contributed by atoms with van der Waals surface area (Å²) in [5.41, 5.74) is 0.503. The Kier molecular flexibility index (Phi) is 4.48. The van der Waals surface area contributed by atoms with Crippen LogP contribution in [0.4, 0.5) is 4.39 Å². The number of amides is 1. The molecule has 0 radical (unpaired) electrons. The molecule has 5 heteroatoms. The van der Waals surface area contributed by atoms with Gasteiger partial charge in [0, 0.05) is 12.6 Å². The largest absolute Gasteiger partial charge is 0.508 e. The molecule has 0 saturated carbocycles. The number of carbonyl (C=O) groups excluding carboxylic acids is 1. The summed E-state index contributed by atoms with van der Waals surface area (Å²) in [7, 11) is 1.56. The van der Waals surface area contributed by atoms with Gasteiger partial charge in [0.1, 0.15) is 5.75 Å². The van der Waals surface area contributed by atoms with E-state index in [1.54, 1.807) is 38.2 Å². The molecule has 0 aliphatic carbocycles. The predicted molar refractivity (Wildman–Crippen MR) is 80.0 cm³/mol. The molecule has 0 fully saturated rings. The Hall–Kier alpha value is -2.07. The summed E-state index contributed by atoms with van der Waals surface area (Å²) in [6, 6.07) is 10.6. The third kappa shape index (κ3) is 3.00. The van der Waals surface area contributed by atoms with Crippen LogP contribution in [0.15, 0.2) is 42.5 Å². The maximum absolute atomic E-state index is 13.9. The Labute approximate surface area is 127 Å². The summed E-state index contributed by atoms with van der Waals surface area (Å²) in [5.74, 6) is -1.14. The number of hydrogen-bond acceptors (Lipinski definition) is 2. The highest BCUT2D eigenvalue weighted by Crippen LogP contribution is 2.29. The van der Waals surface area contributed by atoms with Crippen molar-refractivity contribution in [2.75, 3.05) is 7.05 Å². The van der Waals surface area contributed by atoms with Crippen LogP contribution in [0.2, 0.25) is 5.02 Å². The first kappa shape index (κ1) is 15.3. The molecule has 1 N–H and O–H groups in total. The van der Waals surface area contributed by atoms with Crippen LogP contribution in [0, 0.1) is 5.82 Å². The van der Waals surface area contributed by atoms with Gasteiger partial charge in [-0.15, -0.1) is 0 Å². The monoisotopic (exact) mass is 307 g/mol. The van der Waals surface area contributed by atoms with Crippen LogP contribution in [0.3, 0.4) is 0 Å². The minimum atomic E-state index is -0.736. The number of carbonyl (C=O) groups is 1. The van der Waals surface area contributed by atoms with Crippen molar-refractivity contribution >= 4 is 17.5 Å². The number of hydrogen-bond donors (Lipinski definition) is 1. The van der Waals surface area contributed by atoms with Gasteiger partial charge in [-0.3, -0.25) is 4.79 Å². The number of para-hydroxylation sites is 1. The van der Waals surface area contributed by atoms with Gasteiger partial charge in [-0.2, -0.15) is 0 Å². The molecule has 0 aliphatic heterocycles. The molecule has 21 heavy (non-hydrogen) atoms. The van der Waals surface area contributed by atoms with Crippen molar-refractivity contribution in [2.45, 2.75) is 13.0 Å². The van der Waals surface area contributed by atoms with Crippen LogP contribution in [-0.4, -0.2) is 23.0 Å². The van der Waals surface area contributed by atoms with E-state index >= 15 is 0 Å². The normalized spacial score (nSPS) is 12.0. The maximum atomic E-state index is 13.9. The molecule has 0 bridgehead atoms. The van der Waals surface area contributed by atoms with Crippen LogP contribution in [-0.2, 0) is 0 Å². The van der Waals surface area contributed by atoms with Crippen molar-refractivity contribution < 1.29 is 14.3 Å². The van der Waals surface area contributed by atoms with Gasteiger partial charge < -0.3 is 10.0 Å². The van der Waals surface area contributed by atoms with E-state index in [1.807, 2.05) is 0 Å². The van der Waals surface area contributed by atoms with Gasteiger partial charge in [0.05, 0.1) is 16.6 Å². The lowest BCUT2D eigenvalue weighted by molar-refractivity contribution is 0.0736. The Morgan fingerprint density at radius 1 is 1.24 bits per heavy atom. The number of aromatic hydroxyl groups is 1. The van der Waals surface area contributed by atoms with E-state index in [1.165, 1.54) is 23.1 Å². The second-order valence-electron chi connectivity index (χ2n) is 4.75. The van der Waals surface area contributed by atoms with Crippen LogP contribution in [0.1, 0.15) is 28.9 Å². The third-order valence-electron chi connectivity index (χ3n) is 3.47. The fourth-order valence-electron chi connectivity index (χ4n) is 2.08. The van der Waals surface area contributed by atoms with Crippen LogP contribution in [0.25, 0.3) is 0 Å². The zero-order valence-electron chi connectivity index (χ0n) is 11.7. The van der Waals surface area contributed by atoms with Crippen LogP contribution < -0.4 is 0 Å². The number of rotatable bonds is 3. The summed E-state index contributed by atoms with van der Waals surface area (Å²) in [6.45, 7) is 1.76. The second kappa shape index (κ2) is 6.14. The molecule has 2 aromatic rings. The number of phenolic OH excluding ortho intramolecular Hbond substituents is 1. The molecule has 1 atom stereocenters. The third-order valence-corrected chi connectivity index (χ3v) is 3.76. The van der Waals surface area contributed by atoms with Crippen molar-refractivity contribution in [3.8, 4) is 5.75 Å². The van der Waals surface area contributed by atoms with Crippen LogP contribution in [0.5, 0.6) is 5.75 Å². The molecule has 0 spiro atoms. The van der Waals surface area contributed by atoms with Crippen molar-refractivity contribution in [3.05, 3.63) is 64.4 Å². The molecule has 2 rings (SSSR count). The quantitative estimate of drug-likeness (QED) is 0.930. The number of nitrogens with zero attached hydrogens (tertiary/aromatic N) is 1. The van der Waals surface area contributed by atoms with Crippen molar-refractivity contribution in [1.29, 1.82) is 0 Å². The lowest BCUT2D eigenvalue weighted by atomic mass is 10.0. The average Bonchev–Trinajstić information content (AvgIpc) is 2.48. The van der Waals surface area contributed by atoms with E-state index in [-0.39, 0.29) is 16.3 Å². The van der Waals surface area contributed by atoms with Gasteiger partial charge in [0.15, 0.2) is 5.82 Å². The summed E-state index contributed by atoms with van der Waals surface area (Å²) in [5, 5.41) is 9.75. The fraction of sp³-hybridized carbons (Fsp3) is 0.188. The van der Waals surface area contributed by atoms with Crippen molar-refractivity contribution in [2.24, 2.45) is 0 Å². The maximum Gasteiger partial charge on any atom is 0.257 e. The Bertz CT molecular complexity index is 675. The standard InChI is InChI=1S/C16H15ClFNO2/c1-10(11-6-3-4-9-14(11)20)19(2)16(21)12-7-5-8-13(17)15(12)18/h3-10,20H,1-2H3. The van der Waals surface area contributed by atoms with Gasteiger partial charge in [-0.1, -0.05) is 35.9 Å². The van der Waals surface area contributed by atoms with Crippen molar-refractivity contribution in [3.63, 3.8) is 0 Å². The zero-order chi connectivity index (χ0) is 15.6. The molecule has 1 amide bonds. The SMILES string of the molecule is CC(c1ccccc1O)N(C)C(=O)c1cccc(Cl)c1F. The Balaban J connectivity index is 2.31. The molecule has 2 aromatic carbocycles. The molecular weight excluding hydrogens is 293 g/mol. The van der Waals surface area contributed by atoms with Gasteiger partial charge in [0.2, 0.25) is 0 Å². The topological polar surface area (TPSA) is 40.5 Å². The van der Waals surface area contributed by atoms with E-state index in [0.29, 0.717) is 5.56 Å². The average molecular weight is 308 g/mol. The molecule has 110 valence electrons. The van der Waals surface area contributed by atoms with E-state index < -0.39 is 17.8 Å². The predicted octanol–water partition coefficient (Wildman–Crippen LogP) is 4.02. The molecule has 1 unspecified atom stereocenters. The molecular formula is C16H15ClFNO2. The van der Waals surface area contributed by atoms with Gasteiger partial charge in [-0.25, -0.2) is 4.39 Å². The highest BCUT2D eigenvalue weighted by molar-refractivity contribution is 6.31. The molecule has 0 heterocycles. The number of halogens is 2. The minimum absolute atomic E-state index is 0.0905. The lowest BCUT2D eigenvalue weighted by Gasteiger charge is -2.26.